The molecular formula is C20H24O. The van der Waals surface area contributed by atoms with Gasteiger partial charge < -0.3 is 4.74 Å². The van der Waals surface area contributed by atoms with Crippen molar-refractivity contribution in [3.05, 3.63) is 42.0 Å². The summed E-state index contributed by atoms with van der Waals surface area (Å²) in [5, 5.41) is 2.76. The fraction of sp³-hybridized carbons (Fsp3) is 0.500. The zero-order valence-corrected chi connectivity index (χ0v) is 12.8. The molecule has 2 fully saturated rings. The molecule has 21 heavy (non-hydrogen) atoms. The third-order valence-electron chi connectivity index (χ3n) is 5.29. The van der Waals surface area contributed by atoms with E-state index in [9.17, 15) is 0 Å². The molecule has 0 amide bonds. The number of ether oxygens (including phenoxy) is 1. The van der Waals surface area contributed by atoms with Gasteiger partial charge in [-0.05, 0) is 61.3 Å². The van der Waals surface area contributed by atoms with Crippen molar-refractivity contribution in [3.8, 4) is 5.75 Å². The zero-order chi connectivity index (χ0) is 14.2. The lowest BCUT2D eigenvalue weighted by Crippen LogP contribution is -2.15. The number of fused-ring (bicyclic) bond motifs is 1. The van der Waals surface area contributed by atoms with E-state index in [0.29, 0.717) is 12.0 Å². The summed E-state index contributed by atoms with van der Waals surface area (Å²) in [4.78, 5) is 0. The predicted molar refractivity (Wildman–Crippen MR) is 88.0 cm³/mol. The van der Waals surface area contributed by atoms with Crippen molar-refractivity contribution in [3.63, 3.8) is 0 Å². The Balaban J connectivity index is 1.78. The van der Waals surface area contributed by atoms with Crippen LogP contribution in [0.25, 0.3) is 10.8 Å². The first-order chi connectivity index (χ1) is 10.3. The van der Waals surface area contributed by atoms with Crippen LogP contribution in [0, 0.1) is 5.92 Å². The van der Waals surface area contributed by atoms with Crippen LogP contribution in [0.5, 0.6) is 5.75 Å². The summed E-state index contributed by atoms with van der Waals surface area (Å²) in [7, 11) is 0. The Bertz CT molecular complexity index is 635. The molecule has 1 heteroatoms. The second kappa shape index (κ2) is 5.36. The van der Waals surface area contributed by atoms with Crippen molar-refractivity contribution in [2.24, 2.45) is 5.92 Å². The third-order valence-corrected chi connectivity index (χ3v) is 5.29. The molecule has 2 saturated carbocycles. The second-order valence-corrected chi connectivity index (χ2v) is 6.84. The number of benzene rings is 2. The summed E-state index contributed by atoms with van der Waals surface area (Å²) in [5.74, 6) is 2.63. The van der Waals surface area contributed by atoms with Crippen LogP contribution in [-0.2, 0) is 0 Å². The lowest BCUT2D eigenvalue weighted by molar-refractivity contribution is 0.195. The van der Waals surface area contributed by atoms with E-state index >= 15 is 0 Å². The van der Waals surface area contributed by atoms with Crippen molar-refractivity contribution < 1.29 is 4.74 Å². The molecule has 1 atom stereocenters. The van der Waals surface area contributed by atoms with E-state index in [4.69, 9.17) is 4.74 Å². The number of hydrogen-bond donors (Lipinski definition) is 0. The summed E-state index contributed by atoms with van der Waals surface area (Å²) in [5.41, 5.74) is 1.48. The van der Waals surface area contributed by atoms with E-state index in [2.05, 4.69) is 43.3 Å². The van der Waals surface area contributed by atoms with Crippen LogP contribution in [0.1, 0.15) is 56.9 Å². The molecule has 0 spiro atoms. The molecule has 0 aromatic heterocycles. The summed E-state index contributed by atoms with van der Waals surface area (Å²) >= 11 is 0. The van der Waals surface area contributed by atoms with Crippen molar-refractivity contribution in [1.29, 1.82) is 0 Å². The lowest BCUT2D eigenvalue weighted by atomic mass is 9.91. The maximum atomic E-state index is 6.39. The monoisotopic (exact) mass is 280 g/mol. The van der Waals surface area contributed by atoms with Gasteiger partial charge in [-0.15, -0.1) is 0 Å². The summed E-state index contributed by atoms with van der Waals surface area (Å²) < 4.78 is 6.39. The Hall–Kier alpha value is -1.50. The maximum absolute atomic E-state index is 6.39. The van der Waals surface area contributed by atoms with E-state index in [-0.39, 0.29) is 0 Å². The van der Waals surface area contributed by atoms with Gasteiger partial charge in [-0.3, -0.25) is 0 Å². The van der Waals surface area contributed by atoms with Crippen molar-refractivity contribution in [2.45, 2.75) is 57.5 Å². The Morgan fingerprint density at radius 3 is 2.48 bits per heavy atom. The topological polar surface area (TPSA) is 9.23 Å². The van der Waals surface area contributed by atoms with E-state index in [1.54, 1.807) is 0 Å². The molecule has 0 bridgehead atoms. The maximum Gasteiger partial charge on any atom is 0.123 e. The van der Waals surface area contributed by atoms with Crippen molar-refractivity contribution >= 4 is 10.8 Å². The van der Waals surface area contributed by atoms with Crippen LogP contribution >= 0.6 is 0 Å². The van der Waals surface area contributed by atoms with Crippen molar-refractivity contribution in [1.82, 2.24) is 0 Å². The molecule has 4 rings (SSSR count). The minimum absolute atomic E-state index is 0.367. The molecule has 2 aliphatic rings. The first-order valence-corrected chi connectivity index (χ1v) is 8.51. The van der Waals surface area contributed by atoms with Crippen LogP contribution in [-0.4, -0.2) is 6.10 Å². The first-order valence-electron chi connectivity index (χ1n) is 8.51. The van der Waals surface area contributed by atoms with Gasteiger partial charge in [0.05, 0.1) is 6.10 Å². The van der Waals surface area contributed by atoms with Crippen LogP contribution in [0.3, 0.4) is 0 Å². The molecule has 1 nitrogen and oxygen atoms in total. The van der Waals surface area contributed by atoms with E-state index < -0.39 is 0 Å². The highest BCUT2D eigenvalue weighted by molar-refractivity contribution is 5.88. The molecule has 2 aromatic carbocycles. The van der Waals surface area contributed by atoms with Crippen molar-refractivity contribution in [2.75, 3.05) is 0 Å². The Morgan fingerprint density at radius 1 is 0.952 bits per heavy atom. The fourth-order valence-electron chi connectivity index (χ4n) is 3.88. The third kappa shape index (κ3) is 2.54. The van der Waals surface area contributed by atoms with Gasteiger partial charge in [0.2, 0.25) is 0 Å². The predicted octanol–water partition coefficient (Wildman–Crippen LogP) is 5.67. The molecule has 110 valence electrons. The minimum Gasteiger partial charge on any atom is -0.490 e. The van der Waals surface area contributed by atoms with Gasteiger partial charge in [0.15, 0.2) is 0 Å². The Kier molecular flexibility index (Phi) is 3.37. The van der Waals surface area contributed by atoms with Crippen LogP contribution in [0.15, 0.2) is 36.4 Å². The largest absolute Gasteiger partial charge is 0.490 e. The molecule has 0 aliphatic heterocycles. The Labute approximate surface area is 127 Å². The van der Waals surface area contributed by atoms with Gasteiger partial charge in [-0.25, -0.2) is 0 Å². The van der Waals surface area contributed by atoms with E-state index in [0.717, 1.165) is 11.7 Å². The van der Waals surface area contributed by atoms with Gasteiger partial charge in [-0.1, -0.05) is 43.2 Å². The van der Waals surface area contributed by atoms with Gasteiger partial charge in [0.1, 0.15) is 5.75 Å². The molecule has 1 unspecified atom stereocenters. The zero-order valence-electron chi connectivity index (χ0n) is 12.8. The molecule has 0 saturated heterocycles. The minimum atomic E-state index is 0.367. The van der Waals surface area contributed by atoms with Gasteiger partial charge in [-0.2, -0.15) is 0 Å². The van der Waals surface area contributed by atoms with Gasteiger partial charge >= 0.3 is 0 Å². The van der Waals surface area contributed by atoms with E-state index in [1.165, 1.54) is 54.9 Å². The smallest absolute Gasteiger partial charge is 0.123 e. The van der Waals surface area contributed by atoms with Crippen LogP contribution < -0.4 is 4.74 Å². The number of rotatable bonds is 4. The number of hydrogen-bond acceptors (Lipinski definition) is 1. The fourth-order valence-corrected chi connectivity index (χ4v) is 3.88. The van der Waals surface area contributed by atoms with E-state index in [1.807, 2.05) is 0 Å². The quantitative estimate of drug-likeness (QED) is 0.700. The SMILES string of the molecule is CC(Oc1ccc2ccccc2c1C1CCCC1)C1CC1. The highest BCUT2D eigenvalue weighted by Gasteiger charge is 2.31. The summed E-state index contributed by atoms with van der Waals surface area (Å²) in [6.07, 6.45) is 8.42. The molecular weight excluding hydrogens is 256 g/mol. The van der Waals surface area contributed by atoms with Crippen LogP contribution in [0.4, 0.5) is 0 Å². The van der Waals surface area contributed by atoms with Gasteiger partial charge in [0.25, 0.3) is 0 Å². The van der Waals surface area contributed by atoms with Gasteiger partial charge in [0, 0.05) is 5.56 Å². The first kappa shape index (κ1) is 13.2. The summed E-state index contributed by atoms with van der Waals surface area (Å²) in [6, 6.07) is 13.2. The molecule has 0 radical (unpaired) electrons. The normalized spacial score (nSPS) is 20.8. The second-order valence-electron chi connectivity index (χ2n) is 6.84. The molecule has 0 N–H and O–H groups in total. The average Bonchev–Trinajstić information content (AvgIpc) is 3.23. The Morgan fingerprint density at radius 2 is 1.71 bits per heavy atom. The summed E-state index contributed by atoms with van der Waals surface area (Å²) in [6.45, 7) is 2.24. The molecule has 2 aliphatic carbocycles. The molecule has 0 heterocycles. The standard InChI is InChI=1S/C20H24O/c1-14(15-10-11-15)21-19-13-12-16-6-4-5-9-18(16)20(19)17-7-2-3-8-17/h4-6,9,12-15,17H,2-3,7-8,10-11H2,1H3. The average molecular weight is 280 g/mol. The molecule has 2 aromatic rings. The van der Waals surface area contributed by atoms with Crippen LogP contribution in [0.2, 0.25) is 0 Å². The highest BCUT2D eigenvalue weighted by Crippen LogP contribution is 2.44. The lowest BCUT2D eigenvalue weighted by Gasteiger charge is -2.22. The highest BCUT2D eigenvalue weighted by atomic mass is 16.5.